The fourth-order valence-corrected chi connectivity index (χ4v) is 4.85. The standard InChI is InChI=1S/C17H23N3O3/c1-11-4-3-5-16(2)6-7-17(22)12(8-20-10-18-9-19-20)15(21)23-14(17)13(11)16/h9-10,12,14,22H,3-8H2,1-2H3/t12?,14-,16+,17?/m0/s1. The Balaban J connectivity index is 1.72. The molecular formula is C17H23N3O3. The minimum Gasteiger partial charge on any atom is -0.454 e. The predicted octanol–water partition coefficient (Wildman–Crippen LogP) is 1.85. The van der Waals surface area contributed by atoms with Gasteiger partial charge in [-0.15, -0.1) is 0 Å². The van der Waals surface area contributed by atoms with E-state index >= 15 is 0 Å². The van der Waals surface area contributed by atoms with Crippen LogP contribution in [0.1, 0.15) is 46.0 Å². The van der Waals surface area contributed by atoms with Gasteiger partial charge >= 0.3 is 5.97 Å². The maximum Gasteiger partial charge on any atom is 0.314 e. The molecule has 1 saturated carbocycles. The van der Waals surface area contributed by atoms with E-state index in [2.05, 4.69) is 23.9 Å². The van der Waals surface area contributed by atoms with Gasteiger partial charge in [-0.1, -0.05) is 12.5 Å². The number of esters is 1. The minimum atomic E-state index is -1.13. The van der Waals surface area contributed by atoms with Gasteiger partial charge in [-0.2, -0.15) is 5.10 Å². The van der Waals surface area contributed by atoms with Crippen LogP contribution < -0.4 is 0 Å². The van der Waals surface area contributed by atoms with Crippen molar-refractivity contribution in [2.75, 3.05) is 0 Å². The molecule has 6 heteroatoms. The molecule has 23 heavy (non-hydrogen) atoms. The number of hydrogen-bond acceptors (Lipinski definition) is 5. The number of allylic oxidation sites excluding steroid dienone is 1. The van der Waals surface area contributed by atoms with Crippen molar-refractivity contribution >= 4 is 5.97 Å². The predicted molar refractivity (Wildman–Crippen MR) is 82.2 cm³/mol. The van der Waals surface area contributed by atoms with Crippen LogP contribution in [0.15, 0.2) is 23.8 Å². The first-order valence-corrected chi connectivity index (χ1v) is 8.39. The van der Waals surface area contributed by atoms with E-state index in [1.165, 1.54) is 23.9 Å². The summed E-state index contributed by atoms with van der Waals surface area (Å²) in [5.74, 6) is -0.899. The normalized spacial score (nSPS) is 39.9. The number of fused-ring (bicyclic) bond motifs is 3. The second kappa shape index (κ2) is 4.90. The van der Waals surface area contributed by atoms with Crippen LogP contribution >= 0.6 is 0 Å². The summed E-state index contributed by atoms with van der Waals surface area (Å²) >= 11 is 0. The highest BCUT2D eigenvalue weighted by atomic mass is 16.6. The average molecular weight is 317 g/mol. The number of rotatable bonds is 2. The number of ether oxygens (including phenoxy) is 1. The van der Waals surface area contributed by atoms with Crippen molar-refractivity contribution in [3.8, 4) is 0 Å². The summed E-state index contributed by atoms with van der Waals surface area (Å²) in [7, 11) is 0. The van der Waals surface area contributed by atoms with Crippen molar-refractivity contribution in [1.82, 2.24) is 14.8 Å². The highest BCUT2D eigenvalue weighted by Crippen LogP contribution is 2.57. The monoisotopic (exact) mass is 317 g/mol. The van der Waals surface area contributed by atoms with Gasteiger partial charge < -0.3 is 9.84 Å². The Bertz CT molecular complexity index is 669. The lowest BCUT2D eigenvalue weighted by Gasteiger charge is -2.49. The van der Waals surface area contributed by atoms with E-state index in [1.54, 1.807) is 11.0 Å². The molecule has 4 atom stereocenters. The van der Waals surface area contributed by atoms with E-state index in [0.717, 1.165) is 19.3 Å². The molecule has 0 radical (unpaired) electrons. The van der Waals surface area contributed by atoms with Crippen molar-refractivity contribution in [2.45, 2.75) is 64.2 Å². The third kappa shape index (κ3) is 2.07. The lowest BCUT2D eigenvalue weighted by molar-refractivity contribution is -0.144. The van der Waals surface area contributed by atoms with E-state index in [-0.39, 0.29) is 11.4 Å². The Hall–Kier alpha value is -1.69. The van der Waals surface area contributed by atoms with E-state index in [1.807, 2.05) is 0 Å². The number of aliphatic hydroxyl groups is 1. The van der Waals surface area contributed by atoms with E-state index in [4.69, 9.17) is 4.74 Å². The molecule has 2 heterocycles. The van der Waals surface area contributed by atoms with Gasteiger partial charge in [0.2, 0.25) is 0 Å². The molecule has 1 N–H and O–H groups in total. The van der Waals surface area contributed by atoms with Gasteiger partial charge in [0.05, 0.1) is 6.54 Å². The topological polar surface area (TPSA) is 77.2 Å². The largest absolute Gasteiger partial charge is 0.454 e. The Morgan fingerprint density at radius 2 is 2.26 bits per heavy atom. The molecule has 0 bridgehead atoms. The molecule has 4 rings (SSSR count). The van der Waals surface area contributed by atoms with Gasteiger partial charge in [-0.05, 0) is 50.0 Å². The van der Waals surface area contributed by atoms with Crippen LogP contribution in [0.2, 0.25) is 0 Å². The van der Waals surface area contributed by atoms with Crippen molar-refractivity contribution in [3.63, 3.8) is 0 Å². The van der Waals surface area contributed by atoms with Crippen LogP contribution in [0, 0.1) is 11.3 Å². The molecule has 1 aromatic heterocycles. The first-order chi connectivity index (χ1) is 10.9. The quantitative estimate of drug-likeness (QED) is 0.665. The molecule has 3 aliphatic rings. The molecule has 2 aliphatic carbocycles. The number of aromatic nitrogens is 3. The fraction of sp³-hybridized carbons (Fsp3) is 0.706. The van der Waals surface area contributed by atoms with Gasteiger partial charge in [0.25, 0.3) is 0 Å². The highest BCUT2D eigenvalue weighted by molar-refractivity contribution is 5.78. The summed E-state index contributed by atoms with van der Waals surface area (Å²) in [6.07, 6.45) is 7.32. The van der Waals surface area contributed by atoms with Crippen molar-refractivity contribution < 1.29 is 14.6 Å². The maximum absolute atomic E-state index is 12.5. The van der Waals surface area contributed by atoms with Crippen LogP contribution in [-0.4, -0.2) is 37.5 Å². The van der Waals surface area contributed by atoms with Gasteiger partial charge in [-0.3, -0.25) is 9.48 Å². The second-order valence-electron chi connectivity index (χ2n) is 7.59. The molecule has 2 unspecified atom stereocenters. The van der Waals surface area contributed by atoms with Crippen LogP contribution in [0.25, 0.3) is 0 Å². The van der Waals surface area contributed by atoms with Gasteiger partial charge in [0.1, 0.15) is 24.2 Å². The Morgan fingerprint density at radius 1 is 1.43 bits per heavy atom. The third-order valence-electron chi connectivity index (χ3n) is 6.14. The highest BCUT2D eigenvalue weighted by Gasteiger charge is 2.63. The molecule has 6 nitrogen and oxygen atoms in total. The van der Waals surface area contributed by atoms with Crippen molar-refractivity contribution in [3.05, 3.63) is 23.8 Å². The zero-order chi connectivity index (χ0) is 16.2. The summed E-state index contributed by atoms with van der Waals surface area (Å²) in [6.45, 7) is 4.69. The minimum absolute atomic E-state index is 0.0572. The SMILES string of the molecule is CC1=C2[C@@H]3OC(=O)C(Cn4cncn4)C3(O)CC[C@@]2(C)CCC1. The molecule has 0 amide bonds. The molecule has 1 saturated heterocycles. The van der Waals surface area contributed by atoms with Crippen LogP contribution in [0.4, 0.5) is 0 Å². The molecule has 124 valence electrons. The second-order valence-corrected chi connectivity index (χ2v) is 7.59. The molecule has 1 aromatic rings. The number of carbonyl (C=O) groups is 1. The summed E-state index contributed by atoms with van der Waals surface area (Å²) in [5, 5.41) is 15.4. The zero-order valence-electron chi connectivity index (χ0n) is 13.7. The summed E-state index contributed by atoms with van der Waals surface area (Å²) in [6, 6.07) is 0. The van der Waals surface area contributed by atoms with Crippen LogP contribution in [0.3, 0.4) is 0 Å². The maximum atomic E-state index is 12.5. The van der Waals surface area contributed by atoms with Gasteiger partial charge in [0, 0.05) is 0 Å². The molecule has 0 aromatic carbocycles. The summed E-state index contributed by atoms with van der Waals surface area (Å²) in [5.41, 5.74) is 1.39. The van der Waals surface area contributed by atoms with E-state index < -0.39 is 17.6 Å². The smallest absolute Gasteiger partial charge is 0.314 e. The van der Waals surface area contributed by atoms with Gasteiger partial charge in [0.15, 0.2) is 6.10 Å². The summed E-state index contributed by atoms with van der Waals surface area (Å²) in [4.78, 5) is 16.4. The number of nitrogens with zero attached hydrogens (tertiary/aromatic N) is 3. The Kier molecular flexibility index (Phi) is 3.17. The van der Waals surface area contributed by atoms with E-state index in [9.17, 15) is 9.90 Å². The Morgan fingerprint density at radius 3 is 3.00 bits per heavy atom. The number of hydrogen-bond donors (Lipinski definition) is 1. The van der Waals surface area contributed by atoms with Crippen LogP contribution in [-0.2, 0) is 16.1 Å². The molecular weight excluding hydrogens is 294 g/mol. The van der Waals surface area contributed by atoms with Crippen molar-refractivity contribution in [2.24, 2.45) is 11.3 Å². The Labute approximate surface area is 135 Å². The molecule has 0 spiro atoms. The number of carbonyl (C=O) groups excluding carboxylic acids is 1. The van der Waals surface area contributed by atoms with E-state index in [0.29, 0.717) is 13.0 Å². The lowest BCUT2D eigenvalue weighted by Crippen LogP contribution is -2.54. The first-order valence-electron chi connectivity index (χ1n) is 8.39. The molecule has 1 aliphatic heterocycles. The average Bonchev–Trinajstić information content (AvgIpc) is 3.09. The van der Waals surface area contributed by atoms with Crippen molar-refractivity contribution in [1.29, 1.82) is 0 Å². The first kappa shape index (κ1) is 14.9. The van der Waals surface area contributed by atoms with Crippen LogP contribution in [0.5, 0.6) is 0 Å². The fourth-order valence-electron chi connectivity index (χ4n) is 4.85. The molecule has 2 fully saturated rings. The zero-order valence-corrected chi connectivity index (χ0v) is 13.7. The van der Waals surface area contributed by atoms with Gasteiger partial charge in [-0.25, -0.2) is 4.98 Å². The lowest BCUT2D eigenvalue weighted by atomic mass is 9.58. The third-order valence-corrected chi connectivity index (χ3v) is 6.14. The summed E-state index contributed by atoms with van der Waals surface area (Å²) < 4.78 is 7.33.